The highest BCUT2D eigenvalue weighted by molar-refractivity contribution is 7.91. The maximum Gasteiger partial charge on any atom is 0.309 e. The van der Waals surface area contributed by atoms with Crippen molar-refractivity contribution >= 4 is 27.3 Å². The number of nitrogens with zero attached hydrogens (tertiary/aromatic N) is 1. The van der Waals surface area contributed by atoms with Crippen LogP contribution >= 0.6 is 11.3 Å². The summed E-state index contributed by atoms with van der Waals surface area (Å²) in [4.78, 5) is 15.6. The number of rotatable bonds is 11. The Bertz CT molecular complexity index is 1420. The van der Waals surface area contributed by atoms with Gasteiger partial charge in [-0.25, -0.2) is 13.1 Å². The van der Waals surface area contributed by atoms with E-state index in [1.165, 1.54) is 0 Å². The summed E-state index contributed by atoms with van der Waals surface area (Å²) in [7, 11) is -3.78. The SMILES string of the molecule is CCOc1cccc(-c2ccc(CC(NS(=O)(=O)c3cccs3)c3cccc(CC(=O)O)n3)cc2)c1. The molecule has 2 aromatic heterocycles. The number of carbonyl (C=O) groups is 1. The van der Waals surface area contributed by atoms with Crippen molar-refractivity contribution in [2.24, 2.45) is 0 Å². The number of thiophene rings is 1. The molecule has 0 amide bonds. The summed E-state index contributed by atoms with van der Waals surface area (Å²) in [6, 6.07) is 23.3. The number of pyridine rings is 1. The van der Waals surface area contributed by atoms with Crippen LogP contribution < -0.4 is 9.46 Å². The first-order chi connectivity index (χ1) is 17.3. The van der Waals surface area contributed by atoms with Crippen LogP contribution in [0.5, 0.6) is 5.75 Å². The predicted molar refractivity (Wildman–Crippen MR) is 140 cm³/mol. The number of ether oxygens (including phenoxy) is 1. The van der Waals surface area contributed by atoms with E-state index >= 15 is 0 Å². The highest BCUT2D eigenvalue weighted by Gasteiger charge is 2.24. The summed E-state index contributed by atoms with van der Waals surface area (Å²) in [5.74, 6) is -0.200. The van der Waals surface area contributed by atoms with Crippen LogP contribution in [-0.2, 0) is 27.7 Å². The number of hydrogen-bond donors (Lipinski definition) is 2. The topological polar surface area (TPSA) is 106 Å². The summed E-state index contributed by atoms with van der Waals surface area (Å²) in [6.45, 7) is 2.53. The fourth-order valence-electron chi connectivity index (χ4n) is 3.82. The first-order valence-corrected chi connectivity index (χ1v) is 13.8. The van der Waals surface area contributed by atoms with Crippen molar-refractivity contribution in [2.75, 3.05) is 6.61 Å². The highest BCUT2D eigenvalue weighted by atomic mass is 32.2. The number of aliphatic carboxylic acids is 1. The van der Waals surface area contributed by atoms with Crippen LogP contribution in [0.1, 0.15) is 29.9 Å². The molecular formula is C27H26N2O5S2. The van der Waals surface area contributed by atoms with Crippen LogP contribution in [0.25, 0.3) is 11.1 Å². The maximum absolute atomic E-state index is 13.0. The molecule has 0 saturated carbocycles. The number of hydrogen-bond acceptors (Lipinski definition) is 6. The van der Waals surface area contributed by atoms with Gasteiger partial charge in [0, 0.05) is 0 Å². The van der Waals surface area contributed by atoms with E-state index in [2.05, 4.69) is 9.71 Å². The Hall–Kier alpha value is -3.53. The molecule has 0 saturated heterocycles. The van der Waals surface area contributed by atoms with Crippen molar-refractivity contribution in [2.45, 2.75) is 30.0 Å². The zero-order chi connectivity index (χ0) is 25.5. The average molecular weight is 523 g/mol. The molecule has 1 unspecified atom stereocenters. The van der Waals surface area contributed by atoms with Crippen LogP contribution in [0.2, 0.25) is 0 Å². The highest BCUT2D eigenvalue weighted by Crippen LogP contribution is 2.27. The minimum atomic E-state index is -3.78. The zero-order valence-electron chi connectivity index (χ0n) is 19.6. The van der Waals surface area contributed by atoms with Crippen LogP contribution in [0, 0.1) is 0 Å². The Balaban J connectivity index is 1.61. The fraction of sp³-hybridized carbons (Fsp3) is 0.185. The first-order valence-electron chi connectivity index (χ1n) is 11.4. The number of sulfonamides is 1. The Kier molecular flexibility index (Phi) is 8.14. The smallest absolute Gasteiger partial charge is 0.309 e. The Morgan fingerprint density at radius 3 is 2.50 bits per heavy atom. The zero-order valence-corrected chi connectivity index (χ0v) is 21.3. The summed E-state index contributed by atoms with van der Waals surface area (Å²) in [5, 5.41) is 10.9. The van der Waals surface area contributed by atoms with Gasteiger partial charge in [-0.15, -0.1) is 11.3 Å². The summed E-state index contributed by atoms with van der Waals surface area (Å²) in [6.07, 6.45) is 0.0983. The number of carboxylic acids is 1. The Labute approximate surface area is 214 Å². The number of aromatic nitrogens is 1. The molecule has 0 radical (unpaired) electrons. The normalized spacial score (nSPS) is 12.2. The van der Waals surface area contributed by atoms with Gasteiger partial charge in [0.05, 0.1) is 30.5 Å². The van der Waals surface area contributed by atoms with E-state index in [-0.39, 0.29) is 10.6 Å². The third-order valence-electron chi connectivity index (χ3n) is 5.45. The lowest BCUT2D eigenvalue weighted by Crippen LogP contribution is -2.30. The molecule has 4 aromatic rings. The summed E-state index contributed by atoms with van der Waals surface area (Å²) >= 11 is 1.13. The van der Waals surface area contributed by atoms with Crippen LogP contribution in [0.3, 0.4) is 0 Å². The number of nitrogens with one attached hydrogen (secondary N) is 1. The molecule has 9 heteroatoms. The second-order valence-electron chi connectivity index (χ2n) is 8.09. The first kappa shape index (κ1) is 25.6. The lowest BCUT2D eigenvalue weighted by atomic mass is 9.99. The molecule has 0 spiro atoms. The summed E-state index contributed by atoms with van der Waals surface area (Å²) in [5.41, 5.74) is 3.76. The van der Waals surface area contributed by atoms with Gasteiger partial charge in [-0.2, -0.15) is 0 Å². The molecular weight excluding hydrogens is 496 g/mol. The fourth-order valence-corrected chi connectivity index (χ4v) is 6.03. The molecule has 0 aliphatic rings. The maximum atomic E-state index is 13.0. The largest absolute Gasteiger partial charge is 0.494 e. The third-order valence-corrected chi connectivity index (χ3v) is 8.32. The molecule has 2 heterocycles. The molecule has 1 atom stereocenters. The number of benzene rings is 2. The van der Waals surface area contributed by atoms with Gasteiger partial charge in [0.2, 0.25) is 0 Å². The van der Waals surface area contributed by atoms with Crippen molar-refractivity contribution in [3.05, 3.63) is 101 Å². The second-order valence-corrected chi connectivity index (χ2v) is 11.0. The van der Waals surface area contributed by atoms with E-state index in [9.17, 15) is 13.2 Å². The molecule has 186 valence electrons. The molecule has 4 rings (SSSR count). The van der Waals surface area contributed by atoms with Gasteiger partial charge in [0.15, 0.2) is 0 Å². The summed E-state index contributed by atoms with van der Waals surface area (Å²) < 4.78 is 34.6. The van der Waals surface area contributed by atoms with Gasteiger partial charge in [0.1, 0.15) is 9.96 Å². The van der Waals surface area contributed by atoms with Crippen molar-refractivity contribution in [1.29, 1.82) is 0 Å². The van der Waals surface area contributed by atoms with Gasteiger partial charge in [0.25, 0.3) is 10.0 Å². The van der Waals surface area contributed by atoms with Gasteiger partial charge < -0.3 is 9.84 Å². The standard InChI is InChI=1S/C27H26N2O5S2/c1-2-34-23-8-3-6-21(17-23)20-13-11-19(12-14-20)16-25(29-36(32,33)27-10-5-15-35-27)24-9-4-7-22(28-24)18-26(30)31/h3-15,17,25,29H,2,16,18H2,1H3,(H,30,31). The molecule has 2 aromatic carbocycles. The molecule has 7 nitrogen and oxygen atoms in total. The lowest BCUT2D eigenvalue weighted by Gasteiger charge is -2.19. The van der Waals surface area contributed by atoms with Crippen molar-refractivity contribution in [3.8, 4) is 16.9 Å². The van der Waals surface area contributed by atoms with E-state index in [1.54, 1.807) is 35.7 Å². The lowest BCUT2D eigenvalue weighted by molar-refractivity contribution is -0.136. The molecule has 0 aliphatic heterocycles. The Morgan fingerprint density at radius 1 is 1.03 bits per heavy atom. The van der Waals surface area contributed by atoms with Gasteiger partial charge >= 0.3 is 5.97 Å². The van der Waals surface area contributed by atoms with Crippen molar-refractivity contribution < 1.29 is 23.1 Å². The van der Waals surface area contributed by atoms with Crippen LogP contribution in [-0.4, -0.2) is 31.1 Å². The van der Waals surface area contributed by atoms with Gasteiger partial charge in [-0.05, 0) is 65.7 Å². The third kappa shape index (κ3) is 6.57. The average Bonchev–Trinajstić information content (AvgIpc) is 3.41. The second kappa shape index (κ2) is 11.5. The van der Waals surface area contributed by atoms with E-state index in [1.807, 2.05) is 55.5 Å². The van der Waals surface area contributed by atoms with Gasteiger partial charge in [-0.3, -0.25) is 9.78 Å². The van der Waals surface area contributed by atoms with E-state index in [4.69, 9.17) is 9.84 Å². The number of carboxylic acid groups (broad SMARTS) is 1. The molecule has 36 heavy (non-hydrogen) atoms. The van der Waals surface area contributed by atoms with Gasteiger partial charge in [-0.1, -0.05) is 48.5 Å². The minimum absolute atomic E-state index is 0.207. The van der Waals surface area contributed by atoms with Crippen LogP contribution in [0.4, 0.5) is 0 Å². The molecule has 0 bridgehead atoms. The molecule has 0 fully saturated rings. The monoisotopic (exact) mass is 522 g/mol. The molecule has 2 N–H and O–H groups in total. The minimum Gasteiger partial charge on any atom is -0.494 e. The van der Waals surface area contributed by atoms with E-state index < -0.39 is 22.0 Å². The Morgan fingerprint density at radius 2 is 1.81 bits per heavy atom. The van der Waals surface area contributed by atoms with Crippen molar-refractivity contribution in [1.82, 2.24) is 9.71 Å². The van der Waals surface area contributed by atoms with E-state index in [0.717, 1.165) is 33.8 Å². The quantitative estimate of drug-likeness (QED) is 0.284. The van der Waals surface area contributed by atoms with Crippen molar-refractivity contribution in [3.63, 3.8) is 0 Å². The van der Waals surface area contributed by atoms with Crippen LogP contribution in [0.15, 0.2) is 88.5 Å². The molecule has 0 aliphatic carbocycles. The van der Waals surface area contributed by atoms with E-state index in [0.29, 0.717) is 24.4 Å². The predicted octanol–water partition coefficient (Wildman–Crippen LogP) is 5.10.